The third kappa shape index (κ3) is 3.88. The van der Waals surface area contributed by atoms with Gasteiger partial charge in [-0.2, -0.15) is 21.0 Å². The molecule has 5 aromatic rings. The third-order valence-electron chi connectivity index (χ3n) is 9.51. The number of amides is 4. The second kappa shape index (κ2) is 11.7. The number of hydrogen-bond acceptors (Lipinski definition) is 8. The summed E-state index contributed by atoms with van der Waals surface area (Å²) in [5.74, 6) is -3.26. The van der Waals surface area contributed by atoms with Crippen molar-refractivity contribution in [2.24, 2.45) is 0 Å². The van der Waals surface area contributed by atoms with Gasteiger partial charge in [0.05, 0.1) is 64.6 Å². The Morgan fingerprint density at radius 3 is 0.880 bits per heavy atom. The molecule has 0 aromatic heterocycles. The van der Waals surface area contributed by atoms with Gasteiger partial charge in [0, 0.05) is 56.2 Å². The summed E-state index contributed by atoms with van der Waals surface area (Å²) in [5, 5.41) is 40.6. The quantitative estimate of drug-likeness (QED) is 0.0946. The minimum absolute atomic E-state index is 0.0106. The van der Waals surface area contributed by atoms with Gasteiger partial charge < -0.3 is 0 Å². The number of carbonyl (C=O) groups is 4. The number of hydrogen-bond donors (Lipinski definition) is 0. The Balaban J connectivity index is 1.87. The molecular formula is C36H18Cl4N6O4. The van der Waals surface area contributed by atoms with Crippen LogP contribution in [0, 0.1) is 45.3 Å². The summed E-state index contributed by atoms with van der Waals surface area (Å²) in [6.07, 6.45) is 2.12. The van der Waals surface area contributed by atoms with Crippen LogP contribution in [0.15, 0.2) is 0 Å². The molecule has 50 heavy (non-hydrogen) atoms. The summed E-state index contributed by atoms with van der Waals surface area (Å²) in [4.78, 5) is 58.3. The topological polar surface area (TPSA) is 170 Å². The number of nitrogens with zero attached hydrogens (tertiary/aromatic N) is 6. The first-order valence-electron chi connectivity index (χ1n) is 15.4. The van der Waals surface area contributed by atoms with Gasteiger partial charge in [0.15, 0.2) is 0 Å². The second-order valence-electron chi connectivity index (χ2n) is 11.9. The Hall–Kier alpha value is -5.20. The fourth-order valence-electron chi connectivity index (χ4n) is 7.36. The van der Waals surface area contributed by atoms with E-state index >= 15 is 0 Å². The summed E-state index contributed by atoms with van der Waals surface area (Å²) < 4.78 is 0. The van der Waals surface area contributed by atoms with Crippen molar-refractivity contribution in [3.05, 3.63) is 64.6 Å². The highest BCUT2D eigenvalue weighted by Crippen LogP contribution is 2.56. The van der Waals surface area contributed by atoms with Crippen LogP contribution in [0.25, 0.3) is 43.1 Å². The predicted molar refractivity (Wildman–Crippen MR) is 187 cm³/mol. The first kappa shape index (κ1) is 33.3. The second-order valence-corrected chi connectivity index (χ2v) is 13.4. The van der Waals surface area contributed by atoms with Crippen LogP contribution in [0.1, 0.15) is 103 Å². The van der Waals surface area contributed by atoms with E-state index in [1.165, 1.54) is 0 Å². The largest absolute Gasteiger partial charge is 0.274 e. The van der Waals surface area contributed by atoms with E-state index in [1.807, 2.05) is 38.1 Å². The molecule has 0 bridgehead atoms. The van der Waals surface area contributed by atoms with Crippen LogP contribution in [0.3, 0.4) is 0 Å². The molecule has 0 fully saturated rings. The molecule has 0 saturated carbocycles. The Kier molecular flexibility index (Phi) is 7.80. The third-order valence-corrected chi connectivity index (χ3v) is 11.0. The molecule has 7 rings (SSSR count). The zero-order chi connectivity index (χ0) is 36.1. The first-order valence-corrected chi connectivity index (χ1v) is 16.9. The monoisotopic (exact) mass is 738 g/mol. The van der Waals surface area contributed by atoms with Gasteiger partial charge >= 0.3 is 0 Å². The lowest BCUT2D eigenvalue weighted by Gasteiger charge is -2.33. The van der Waals surface area contributed by atoms with Crippen molar-refractivity contribution in [1.82, 2.24) is 9.80 Å². The van der Waals surface area contributed by atoms with Crippen LogP contribution in [-0.2, 0) is 0 Å². The van der Waals surface area contributed by atoms with E-state index in [-0.39, 0.29) is 121 Å². The highest BCUT2D eigenvalue weighted by atomic mass is 35.5. The summed E-state index contributed by atoms with van der Waals surface area (Å²) in [6.45, 7) is 3.71. The van der Waals surface area contributed by atoms with Gasteiger partial charge in [0.1, 0.15) is 24.3 Å². The van der Waals surface area contributed by atoms with Crippen LogP contribution < -0.4 is 0 Å². The Morgan fingerprint density at radius 1 is 0.440 bits per heavy atom. The average molecular weight is 740 g/mol. The summed E-state index contributed by atoms with van der Waals surface area (Å²) in [6, 6.07) is 7.92. The number of carbonyl (C=O) groups excluding carboxylic acids is 4. The van der Waals surface area contributed by atoms with Crippen molar-refractivity contribution in [2.75, 3.05) is 13.1 Å². The molecule has 0 aliphatic carbocycles. The number of benzene rings is 5. The van der Waals surface area contributed by atoms with Crippen molar-refractivity contribution in [1.29, 1.82) is 21.0 Å². The standard InChI is InChI=1S/C36H18Cl4N6O4/c1-3-5-7-45-33(47)17-13(9-41)29(37)25-23-21(17)18(34(45)48)14(10-42)30(38)26(23)28-24-22-19(15(11-43)31(39)27(24)25)35(49)46(8-6-4-2)36(50)20(22)16(12-44)32(28)40/h3-8H2,1-2H3. The van der Waals surface area contributed by atoms with Crippen molar-refractivity contribution in [3.63, 3.8) is 0 Å². The molecule has 2 heterocycles. The average Bonchev–Trinajstić information content (AvgIpc) is 3.10. The normalized spacial score (nSPS) is 13.9. The van der Waals surface area contributed by atoms with E-state index < -0.39 is 23.6 Å². The van der Waals surface area contributed by atoms with Gasteiger partial charge in [-0.25, -0.2) is 0 Å². The fraction of sp³-hybridized carbons (Fsp3) is 0.222. The van der Waals surface area contributed by atoms with E-state index in [0.717, 1.165) is 9.80 Å². The predicted octanol–water partition coefficient (Wildman–Crippen LogP) is 8.63. The van der Waals surface area contributed by atoms with Crippen LogP contribution in [-0.4, -0.2) is 46.5 Å². The smallest absolute Gasteiger partial charge is 0.262 e. The zero-order valence-electron chi connectivity index (χ0n) is 26.1. The number of nitriles is 4. The van der Waals surface area contributed by atoms with E-state index in [4.69, 9.17) is 46.4 Å². The molecule has 2 aliphatic heterocycles. The first-order chi connectivity index (χ1) is 24.0. The molecule has 14 heteroatoms. The van der Waals surface area contributed by atoms with Crippen LogP contribution in [0.2, 0.25) is 20.1 Å². The molecule has 2 aliphatic rings. The Morgan fingerprint density at radius 2 is 0.680 bits per heavy atom. The minimum atomic E-state index is -0.815. The number of halogens is 4. The number of imide groups is 2. The number of unbranched alkanes of at least 4 members (excludes halogenated alkanes) is 2. The van der Waals surface area contributed by atoms with Crippen LogP contribution >= 0.6 is 46.4 Å². The van der Waals surface area contributed by atoms with Gasteiger partial charge in [-0.1, -0.05) is 73.1 Å². The molecule has 0 radical (unpaired) electrons. The molecule has 5 aromatic carbocycles. The zero-order valence-corrected chi connectivity index (χ0v) is 29.1. The molecular weight excluding hydrogens is 722 g/mol. The van der Waals surface area contributed by atoms with Gasteiger partial charge in [0.2, 0.25) is 0 Å². The summed E-state index contributed by atoms with van der Waals surface area (Å²) in [7, 11) is 0. The molecule has 10 nitrogen and oxygen atoms in total. The molecule has 0 saturated heterocycles. The molecule has 0 atom stereocenters. The summed E-state index contributed by atoms with van der Waals surface area (Å²) in [5.41, 5.74) is -2.27. The lowest BCUT2D eigenvalue weighted by Crippen LogP contribution is -2.42. The van der Waals surface area contributed by atoms with E-state index in [0.29, 0.717) is 25.7 Å². The van der Waals surface area contributed by atoms with Gasteiger partial charge in [-0.05, 0) is 12.8 Å². The van der Waals surface area contributed by atoms with Gasteiger partial charge in [-0.3, -0.25) is 29.0 Å². The Bertz CT molecular complexity index is 2360. The van der Waals surface area contributed by atoms with Crippen molar-refractivity contribution in [2.45, 2.75) is 39.5 Å². The van der Waals surface area contributed by atoms with Gasteiger partial charge in [0.25, 0.3) is 23.6 Å². The van der Waals surface area contributed by atoms with E-state index in [9.17, 15) is 40.2 Å². The minimum Gasteiger partial charge on any atom is -0.274 e. The van der Waals surface area contributed by atoms with Crippen molar-refractivity contribution >= 4 is 113 Å². The lowest BCUT2D eigenvalue weighted by atomic mass is 9.77. The Labute approximate surface area is 303 Å². The number of fused-ring (bicyclic) bond motifs is 2. The molecule has 244 valence electrons. The molecule has 0 N–H and O–H groups in total. The summed E-state index contributed by atoms with van der Waals surface area (Å²) >= 11 is 28.2. The van der Waals surface area contributed by atoms with Crippen molar-refractivity contribution < 1.29 is 19.2 Å². The van der Waals surface area contributed by atoms with Gasteiger partial charge in [-0.15, -0.1) is 0 Å². The lowest BCUT2D eigenvalue weighted by molar-refractivity contribution is 0.0592. The SMILES string of the molecule is CCCCN1C(=O)c2c(C#N)c(Cl)c3c4c(Cl)c(C#N)c5c6c(c(C#N)c(Cl)c(c7c(Cl)c(C#N)c(c2c37)C1=O)c64)C(=O)N(CCCC)C5=O. The molecule has 0 spiro atoms. The maximum atomic E-state index is 14.1. The van der Waals surface area contributed by atoms with Crippen LogP contribution in [0.4, 0.5) is 0 Å². The van der Waals surface area contributed by atoms with E-state index in [2.05, 4.69) is 0 Å². The molecule has 0 unspecified atom stereocenters. The highest BCUT2D eigenvalue weighted by Gasteiger charge is 2.44. The fourth-order valence-corrected chi connectivity index (χ4v) is 8.66. The van der Waals surface area contributed by atoms with Crippen molar-refractivity contribution in [3.8, 4) is 24.3 Å². The van der Waals surface area contributed by atoms with Crippen LogP contribution in [0.5, 0.6) is 0 Å². The molecule has 4 amide bonds. The van der Waals surface area contributed by atoms with E-state index in [1.54, 1.807) is 0 Å². The number of rotatable bonds is 6. The maximum Gasteiger partial charge on any atom is 0.262 e. The highest BCUT2D eigenvalue weighted by molar-refractivity contribution is 6.57. The maximum absolute atomic E-state index is 14.1.